The van der Waals surface area contributed by atoms with E-state index in [0.29, 0.717) is 11.1 Å². The first kappa shape index (κ1) is 11.5. The SMILES string of the molecule is N#Cc1ccccc1C(O)c1c[nH]c2ccccc12. The number of fused-ring (bicyclic) bond motifs is 1. The molecule has 2 aromatic carbocycles. The molecule has 3 nitrogen and oxygen atoms in total. The maximum absolute atomic E-state index is 10.5. The second-order valence-electron chi connectivity index (χ2n) is 4.39. The minimum absolute atomic E-state index is 0.500. The van der Waals surface area contributed by atoms with Gasteiger partial charge < -0.3 is 10.1 Å². The van der Waals surface area contributed by atoms with Gasteiger partial charge in [0.2, 0.25) is 0 Å². The van der Waals surface area contributed by atoms with Gasteiger partial charge in [0.1, 0.15) is 6.10 Å². The first-order valence-electron chi connectivity index (χ1n) is 6.04. The number of hydrogen-bond acceptors (Lipinski definition) is 2. The lowest BCUT2D eigenvalue weighted by Crippen LogP contribution is -2.01. The van der Waals surface area contributed by atoms with Crippen LogP contribution in [-0.2, 0) is 0 Å². The maximum Gasteiger partial charge on any atom is 0.107 e. The zero-order valence-electron chi connectivity index (χ0n) is 10.2. The third-order valence-electron chi connectivity index (χ3n) is 3.29. The Morgan fingerprint density at radius 3 is 2.58 bits per heavy atom. The molecule has 19 heavy (non-hydrogen) atoms. The van der Waals surface area contributed by atoms with Crippen molar-refractivity contribution in [1.82, 2.24) is 4.98 Å². The average Bonchev–Trinajstić information content (AvgIpc) is 2.90. The number of para-hydroxylation sites is 1. The molecule has 0 bridgehead atoms. The van der Waals surface area contributed by atoms with Gasteiger partial charge >= 0.3 is 0 Å². The third kappa shape index (κ3) is 1.88. The van der Waals surface area contributed by atoms with Gasteiger partial charge in [0.05, 0.1) is 11.6 Å². The van der Waals surface area contributed by atoms with Crippen LogP contribution >= 0.6 is 0 Å². The van der Waals surface area contributed by atoms with Crippen molar-refractivity contribution in [2.45, 2.75) is 6.10 Å². The van der Waals surface area contributed by atoms with Crippen LogP contribution in [0.2, 0.25) is 0 Å². The van der Waals surface area contributed by atoms with E-state index in [0.717, 1.165) is 16.5 Å². The molecular formula is C16H12N2O. The Balaban J connectivity index is 2.14. The second-order valence-corrected chi connectivity index (χ2v) is 4.39. The summed E-state index contributed by atoms with van der Waals surface area (Å²) in [7, 11) is 0. The highest BCUT2D eigenvalue weighted by molar-refractivity contribution is 5.84. The molecule has 0 aliphatic rings. The molecule has 1 unspecified atom stereocenters. The molecule has 0 saturated carbocycles. The molecule has 1 aromatic heterocycles. The third-order valence-corrected chi connectivity index (χ3v) is 3.29. The van der Waals surface area contributed by atoms with E-state index in [2.05, 4.69) is 11.1 Å². The van der Waals surface area contributed by atoms with Crippen LogP contribution in [0.3, 0.4) is 0 Å². The van der Waals surface area contributed by atoms with Crippen LogP contribution in [0.1, 0.15) is 22.8 Å². The molecule has 0 aliphatic heterocycles. The van der Waals surface area contributed by atoms with Crippen LogP contribution in [0.4, 0.5) is 0 Å². The van der Waals surface area contributed by atoms with Gasteiger partial charge in [-0.1, -0.05) is 36.4 Å². The van der Waals surface area contributed by atoms with Crippen LogP contribution in [0.5, 0.6) is 0 Å². The van der Waals surface area contributed by atoms with E-state index in [1.165, 1.54) is 0 Å². The van der Waals surface area contributed by atoms with E-state index >= 15 is 0 Å². The summed E-state index contributed by atoms with van der Waals surface area (Å²) in [6.45, 7) is 0. The molecule has 0 fully saturated rings. The molecule has 0 aliphatic carbocycles. The van der Waals surface area contributed by atoms with E-state index in [-0.39, 0.29) is 0 Å². The first-order valence-corrected chi connectivity index (χ1v) is 6.04. The molecule has 0 radical (unpaired) electrons. The monoisotopic (exact) mass is 248 g/mol. The molecule has 0 amide bonds. The molecular weight excluding hydrogens is 236 g/mol. The maximum atomic E-state index is 10.5. The summed E-state index contributed by atoms with van der Waals surface area (Å²) in [5.41, 5.74) is 2.90. The molecule has 2 N–H and O–H groups in total. The summed E-state index contributed by atoms with van der Waals surface area (Å²) in [5, 5.41) is 20.6. The zero-order chi connectivity index (χ0) is 13.2. The highest BCUT2D eigenvalue weighted by Gasteiger charge is 2.17. The number of nitriles is 1. The fourth-order valence-corrected chi connectivity index (χ4v) is 2.32. The minimum Gasteiger partial charge on any atom is -0.384 e. The number of aliphatic hydroxyl groups excluding tert-OH is 1. The predicted octanol–water partition coefficient (Wildman–Crippen LogP) is 3.12. The number of H-pyrrole nitrogens is 1. The first-order chi connectivity index (χ1) is 9.31. The lowest BCUT2D eigenvalue weighted by atomic mass is 9.97. The summed E-state index contributed by atoms with van der Waals surface area (Å²) in [6.07, 6.45) is 0.996. The van der Waals surface area contributed by atoms with Gasteiger partial charge in [-0.2, -0.15) is 5.26 Å². The van der Waals surface area contributed by atoms with Crippen LogP contribution < -0.4 is 0 Å². The molecule has 1 heterocycles. The van der Waals surface area contributed by atoms with E-state index < -0.39 is 6.10 Å². The fourth-order valence-electron chi connectivity index (χ4n) is 2.32. The number of aromatic nitrogens is 1. The Kier molecular flexibility index (Phi) is 2.79. The smallest absolute Gasteiger partial charge is 0.107 e. The molecule has 3 rings (SSSR count). The number of aromatic amines is 1. The normalized spacial score (nSPS) is 12.2. The number of rotatable bonds is 2. The Hall–Kier alpha value is -2.57. The number of nitrogens with zero attached hydrogens (tertiary/aromatic N) is 1. The zero-order valence-corrected chi connectivity index (χ0v) is 10.2. The summed E-state index contributed by atoms with van der Waals surface area (Å²) < 4.78 is 0. The van der Waals surface area contributed by atoms with Crippen LogP contribution in [0.25, 0.3) is 10.9 Å². The number of hydrogen-bond donors (Lipinski definition) is 2. The van der Waals surface area contributed by atoms with Gasteiger partial charge in [-0.15, -0.1) is 0 Å². The molecule has 0 saturated heterocycles. The van der Waals surface area contributed by atoms with E-state index in [9.17, 15) is 5.11 Å². The lowest BCUT2D eigenvalue weighted by Gasteiger charge is -2.11. The van der Waals surface area contributed by atoms with Gasteiger partial charge in [-0.25, -0.2) is 0 Å². The Morgan fingerprint density at radius 1 is 1.00 bits per heavy atom. The van der Waals surface area contributed by atoms with Crippen molar-refractivity contribution < 1.29 is 5.11 Å². The summed E-state index contributed by atoms with van der Waals surface area (Å²) in [6, 6.07) is 17.0. The standard InChI is InChI=1S/C16H12N2O/c17-9-11-5-1-2-6-12(11)16(19)14-10-18-15-8-4-3-7-13(14)15/h1-8,10,16,18-19H. The van der Waals surface area contributed by atoms with Crippen molar-refractivity contribution in [3.8, 4) is 6.07 Å². The summed E-state index contributed by atoms with van der Waals surface area (Å²) in [5.74, 6) is 0. The summed E-state index contributed by atoms with van der Waals surface area (Å²) >= 11 is 0. The van der Waals surface area contributed by atoms with E-state index in [1.54, 1.807) is 24.4 Å². The Labute approximate surface area is 110 Å². The largest absolute Gasteiger partial charge is 0.384 e. The Bertz CT molecular complexity index is 768. The van der Waals surface area contributed by atoms with Gasteiger partial charge in [-0.3, -0.25) is 0 Å². The minimum atomic E-state index is -0.799. The van der Waals surface area contributed by atoms with E-state index in [4.69, 9.17) is 5.26 Å². The highest BCUT2D eigenvalue weighted by atomic mass is 16.3. The van der Waals surface area contributed by atoms with Gasteiger partial charge in [0.25, 0.3) is 0 Å². The lowest BCUT2D eigenvalue weighted by molar-refractivity contribution is 0.221. The quantitative estimate of drug-likeness (QED) is 0.732. The molecule has 3 heteroatoms. The summed E-state index contributed by atoms with van der Waals surface area (Å²) in [4.78, 5) is 3.13. The average molecular weight is 248 g/mol. The number of aliphatic hydroxyl groups is 1. The van der Waals surface area contributed by atoms with Crippen molar-refractivity contribution in [2.24, 2.45) is 0 Å². The second kappa shape index (κ2) is 4.60. The van der Waals surface area contributed by atoms with Crippen molar-refractivity contribution >= 4 is 10.9 Å². The van der Waals surface area contributed by atoms with Crippen molar-refractivity contribution in [1.29, 1.82) is 5.26 Å². The highest BCUT2D eigenvalue weighted by Crippen LogP contribution is 2.30. The van der Waals surface area contributed by atoms with Gasteiger partial charge in [0.15, 0.2) is 0 Å². The van der Waals surface area contributed by atoms with Crippen LogP contribution in [0.15, 0.2) is 54.7 Å². The number of nitrogens with one attached hydrogen (secondary N) is 1. The van der Waals surface area contributed by atoms with Crippen LogP contribution in [-0.4, -0.2) is 10.1 Å². The van der Waals surface area contributed by atoms with Crippen molar-refractivity contribution in [3.05, 3.63) is 71.4 Å². The van der Waals surface area contributed by atoms with Crippen molar-refractivity contribution in [3.63, 3.8) is 0 Å². The van der Waals surface area contributed by atoms with Crippen LogP contribution in [0, 0.1) is 11.3 Å². The molecule has 92 valence electrons. The predicted molar refractivity (Wildman–Crippen MR) is 73.5 cm³/mol. The van der Waals surface area contributed by atoms with Crippen molar-refractivity contribution in [2.75, 3.05) is 0 Å². The van der Waals surface area contributed by atoms with Gasteiger partial charge in [0, 0.05) is 28.2 Å². The van der Waals surface area contributed by atoms with Gasteiger partial charge in [-0.05, 0) is 12.1 Å². The Morgan fingerprint density at radius 2 is 1.74 bits per heavy atom. The van der Waals surface area contributed by atoms with E-state index in [1.807, 2.05) is 30.3 Å². The molecule has 3 aromatic rings. The topological polar surface area (TPSA) is 59.8 Å². The number of benzene rings is 2. The molecule has 0 spiro atoms. The molecule has 1 atom stereocenters. The fraction of sp³-hybridized carbons (Fsp3) is 0.0625.